The van der Waals surface area contributed by atoms with E-state index >= 15 is 0 Å². The molecule has 0 fully saturated rings. The van der Waals surface area contributed by atoms with Gasteiger partial charge in [0.1, 0.15) is 4.70 Å². The zero-order chi connectivity index (χ0) is 31.0. The first-order chi connectivity index (χ1) is 22.7. The average molecular weight is 660 g/mol. The van der Waals surface area contributed by atoms with Crippen molar-refractivity contribution in [2.75, 3.05) is 17.7 Å². The summed E-state index contributed by atoms with van der Waals surface area (Å²) in [6.07, 6.45) is 23.4. The molecule has 1 aromatic heterocycles. The highest BCUT2D eigenvalue weighted by Gasteiger charge is 2.30. The van der Waals surface area contributed by atoms with Crippen molar-refractivity contribution in [3.05, 3.63) is 111 Å². The van der Waals surface area contributed by atoms with E-state index < -0.39 is 0 Å². The molecule has 0 radical (unpaired) electrons. The standard InChI is InChI=1S/C41H43N2S3/c1-3-4-8-19-42-36-18-17-32(30-10-6-5-7-11-30)26-37(36)45-39(42)23-28-13-15-31-16-14-29(22-34(31)21-28)24-40-43-20-9-12-33-25-35(44-2)27-38(46-40)41(33)43/h5-7,10-11,17-18,21-27,31H,3-4,8-9,12-16,19-20H2,1-2H3/q+1. The van der Waals surface area contributed by atoms with Crippen LogP contribution in [0, 0.1) is 5.92 Å². The van der Waals surface area contributed by atoms with E-state index in [1.807, 2.05) is 34.9 Å². The molecule has 2 nitrogen and oxygen atoms in total. The van der Waals surface area contributed by atoms with Gasteiger partial charge in [0.25, 0.3) is 5.01 Å². The number of thioether (sulfide) groups is 2. The second kappa shape index (κ2) is 13.3. The fourth-order valence-corrected chi connectivity index (χ4v) is 10.7. The highest BCUT2D eigenvalue weighted by molar-refractivity contribution is 8.03. The van der Waals surface area contributed by atoms with E-state index in [1.54, 1.807) is 5.57 Å². The number of allylic oxidation sites excluding steroid dienone is 6. The third kappa shape index (κ3) is 5.95. The Kier molecular flexibility index (Phi) is 8.75. The Labute approximate surface area is 287 Å². The Hall–Kier alpha value is -2.99. The van der Waals surface area contributed by atoms with Gasteiger partial charge in [-0.05, 0) is 109 Å². The van der Waals surface area contributed by atoms with E-state index in [-0.39, 0.29) is 0 Å². The summed E-state index contributed by atoms with van der Waals surface area (Å²) in [6, 6.07) is 22.7. The molecule has 1 atom stereocenters. The van der Waals surface area contributed by atoms with Crippen molar-refractivity contribution in [3.63, 3.8) is 0 Å². The Morgan fingerprint density at radius 1 is 0.935 bits per heavy atom. The third-order valence-electron chi connectivity index (χ3n) is 10.1. The maximum Gasteiger partial charge on any atom is 0.263 e. The number of aromatic nitrogens is 1. The van der Waals surface area contributed by atoms with E-state index in [1.165, 1.54) is 121 Å². The minimum absolute atomic E-state index is 0.700. The molecular formula is C41H43N2S3+. The second-order valence-electron chi connectivity index (χ2n) is 13.2. The number of hydrogen-bond donors (Lipinski definition) is 0. The van der Waals surface area contributed by atoms with Crippen molar-refractivity contribution in [1.29, 1.82) is 0 Å². The molecule has 3 heterocycles. The molecule has 2 aliphatic heterocycles. The molecular weight excluding hydrogens is 617 g/mol. The van der Waals surface area contributed by atoms with Crippen molar-refractivity contribution in [2.24, 2.45) is 5.92 Å². The van der Waals surface area contributed by atoms with E-state index in [9.17, 15) is 0 Å². The van der Waals surface area contributed by atoms with E-state index in [0.29, 0.717) is 5.92 Å². The number of hydrogen-bond acceptors (Lipinski definition) is 4. The Bertz CT molecular complexity index is 1910. The van der Waals surface area contributed by atoms with E-state index in [0.717, 1.165) is 13.1 Å². The van der Waals surface area contributed by atoms with Crippen molar-refractivity contribution in [3.8, 4) is 11.1 Å². The monoisotopic (exact) mass is 659 g/mol. The van der Waals surface area contributed by atoms with Crippen LogP contribution in [0.25, 0.3) is 27.4 Å². The highest BCUT2D eigenvalue weighted by Crippen LogP contribution is 2.49. The molecule has 0 bridgehead atoms. The fourth-order valence-electron chi connectivity index (χ4n) is 7.69. The van der Waals surface area contributed by atoms with Crippen molar-refractivity contribution < 1.29 is 4.57 Å². The summed E-state index contributed by atoms with van der Waals surface area (Å²) in [5, 5.41) is 2.83. The second-order valence-corrected chi connectivity index (χ2v) is 16.2. The van der Waals surface area contributed by atoms with Gasteiger partial charge in [-0.15, -0.1) is 11.8 Å². The van der Waals surface area contributed by atoms with Crippen LogP contribution in [0.5, 0.6) is 0 Å². The molecule has 5 heteroatoms. The quantitative estimate of drug-likeness (QED) is 0.106. The Morgan fingerprint density at radius 3 is 2.70 bits per heavy atom. The minimum atomic E-state index is 0.700. The number of thiazole rings is 1. The number of fused-ring (bicyclic) bond motifs is 2. The first kappa shape index (κ1) is 30.4. The molecule has 0 saturated carbocycles. The van der Waals surface area contributed by atoms with Gasteiger partial charge in [0.15, 0.2) is 6.54 Å². The molecule has 46 heavy (non-hydrogen) atoms. The van der Waals surface area contributed by atoms with Gasteiger partial charge in [0, 0.05) is 34.4 Å². The fraction of sp³-hybridized carbons (Fsp3) is 0.341. The molecule has 4 aliphatic rings. The number of rotatable bonds is 8. The van der Waals surface area contributed by atoms with Crippen LogP contribution >= 0.6 is 34.9 Å². The van der Waals surface area contributed by atoms with Gasteiger partial charge in [-0.3, -0.25) is 0 Å². The van der Waals surface area contributed by atoms with Crippen LogP contribution in [0.15, 0.2) is 110 Å². The smallest absolute Gasteiger partial charge is 0.263 e. The lowest BCUT2D eigenvalue weighted by molar-refractivity contribution is -0.671. The van der Waals surface area contributed by atoms with Gasteiger partial charge in [-0.25, -0.2) is 0 Å². The summed E-state index contributed by atoms with van der Waals surface area (Å²) in [6.45, 7) is 4.53. The van der Waals surface area contributed by atoms with Crippen molar-refractivity contribution in [2.45, 2.75) is 81.0 Å². The number of benzene rings is 3. The summed E-state index contributed by atoms with van der Waals surface area (Å²) in [5.41, 5.74) is 11.5. The maximum atomic E-state index is 2.61. The molecule has 4 aromatic rings. The topological polar surface area (TPSA) is 7.12 Å². The van der Waals surface area contributed by atoms with Crippen LogP contribution in [-0.2, 0) is 13.0 Å². The largest absolute Gasteiger partial charge is 0.335 e. The molecule has 2 aliphatic carbocycles. The molecule has 0 amide bonds. The molecule has 8 rings (SSSR count). The van der Waals surface area contributed by atoms with E-state index in [2.05, 4.69) is 108 Å². The molecule has 1 unspecified atom stereocenters. The van der Waals surface area contributed by atoms with Crippen LogP contribution in [-0.4, -0.2) is 12.8 Å². The van der Waals surface area contributed by atoms with Crippen LogP contribution in [0.2, 0.25) is 0 Å². The molecule has 3 aromatic carbocycles. The van der Waals surface area contributed by atoms with Crippen molar-refractivity contribution in [1.82, 2.24) is 0 Å². The Morgan fingerprint density at radius 2 is 1.83 bits per heavy atom. The van der Waals surface area contributed by atoms with Gasteiger partial charge >= 0.3 is 0 Å². The van der Waals surface area contributed by atoms with Gasteiger partial charge in [0.2, 0.25) is 5.52 Å². The SMILES string of the molecule is CCCCCN1C(=CC2=CC3=CC(=Cc4sc5cc(SC)cc6c5[n+]4CCC6)CCC3CC2)Sc2cc(-c3ccccc3)ccc21. The average Bonchev–Trinajstić information content (AvgIpc) is 3.62. The lowest BCUT2D eigenvalue weighted by Crippen LogP contribution is -2.38. The van der Waals surface area contributed by atoms with Crippen molar-refractivity contribution >= 4 is 56.8 Å². The lowest BCUT2D eigenvalue weighted by atomic mass is 9.77. The highest BCUT2D eigenvalue weighted by atomic mass is 32.2. The summed E-state index contributed by atoms with van der Waals surface area (Å²) in [5.74, 6) is 0.700. The first-order valence-corrected chi connectivity index (χ1v) is 20.0. The summed E-state index contributed by atoms with van der Waals surface area (Å²) in [7, 11) is 0. The third-order valence-corrected chi connectivity index (χ3v) is 13.0. The van der Waals surface area contributed by atoms with Gasteiger partial charge in [0.05, 0.1) is 10.7 Å². The van der Waals surface area contributed by atoms with Crippen LogP contribution in [0.3, 0.4) is 0 Å². The maximum absolute atomic E-state index is 2.61. The number of unbranched alkanes of at least 4 members (excludes halogenated alkanes) is 2. The summed E-state index contributed by atoms with van der Waals surface area (Å²) in [4.78, 5) is 5.38. The predicted molar refractivity (Wildman–Crippen MR) is 201 cm³/mol. The first-order valence-electron chi connectivity index (χ1n) is 17.2. The van der Waals surface area contributed by atoms with Gasteiger partial charge < -0.3 is 4.90 Å². The number of anilines is 1. The molecule has 0 spiro atoms. The number of nitrogens with zero attached hydrogens (tertiary/aromatic N) is 2. The van der Waals surface area contributed by atoms with Gasteiger partial charge in [-0.2, -0.15) is 4.57 Å². The molecule has 0 saturated heterocycles. The van der Waals surface area contributed by atoms with Crippen LogP contribution < -0.4 is 9.47 Å². The van der Waals surface area contributed by atoms with Crippen LogP contribution in [0.1, 0.15) is 68.9 Å². The van der Waals surface area contributed by atoms with Crippen LogP contribution in [0.4, 0.5) is 5.69 Å². The molecule has 234 valence electrons. The minimum Gasteiger partial charge on any atom is -0.335 e. The number of aryl methyl sites for hydroxylation is 2. The Balaban J connectivity index is 1.10. The van der Waals surface area contributed by atoms with E-state index in [4.69, 9.17) is 0 Å². The van der Waals surface area contributed by atoms with Gasteiger partial charge in [-0.1, -0.05) is 91.4 Å². The summed E-state index contributed by atoms with van der Waals surface area (Å²) >= 11 is 5.82. The zero-order valence-electron chi connectivity index (χ0n) is 27.1. The normalized spacial score (nSPS) is 20.7. The molecule has 0 N–H and O–H groups in total. The zero-order valence-corrected chi connectivity index (χ0v) is 29.5. The predicted octanol–water partition coefficient (Wildman–Crippen LogP) is 11.6. The summed E-state index contributed by atoms with van der Waals surface area (Å²) < 4.78 is 4.06. The lowest BCUT2D eigenvalue weighted by Gasteiger charge is -2.29.